The molecule has 3 heteroatoms. The quantitative estimate of drug-likeness (QED) is 0.759. The number of rotatable bonds is 3. The summed E-state index contributed by atoms with van der Waals surface area (Å²) in [7, 11) is 0. The van der Waals surface area contributed by atoms with Gasteiger partial charge in [0.15, 0.2) is 0 Å². The van der Waals surface area contributed by atoms with Gasteiger partial charge >= 0.3 is 0 Å². The van der Waals surface area contributed by atoms with Gasteiger partial charge in [-0.15, -0.1) is 11.8 Å². The molecule has 1 aromatic heterocycles. The summed E-state index contributed by atoms with van der Waals surface area (Å²) in [4.78, 5) is 4.44. The fourth-order valence-electron chi connectivity index (χ4n) is 1.60. The monoisotopic (exact) mass is 307 g/mol. The Labute approximate surface area is 115 Å². The number of aromatic nitrogens is 1. The van der Waals surface area contributed by atoms with Crippen molar-refractivity contribution in [2.24, 2.45) is 0 Å². The average Bonchev–Trinajstić information content (AvgIpc) is 2.30. The van der Waals surface area contributed by atoms with Crippen molar-refractivity contribution in [1.82, 2.24) is 4.98 Å². The highest BCUT2D eigenvalue weighted by molar-refractivity contribution is 9.10. The molecule has 2 rings (SSSR count). The summed E-state index contributed by atoms with van der Waals surface area (Å²) in [5.41, 5.74) is 3.94. The van der Waals surface area contributed by atoms with Gasteiger partial charge in [0, 0.05) is 16.4 Å². The first-order valence-corrected chi connectivity index (χ1v) is 7.24. The molecule has 0 amide bonds. The zero-order valence-corrected chi connectivity index (χ0v) is 12.3. The maximum absolute atomic E-state index is 4.44. The molecule has 0 aliphatic carbocycles. The largest absolute Gasteiger partial charge is 0.248 e. The van der Waals surface area contributed by atoms with Gasteiger partial charge in [0.05, 0.1) is 5.03 Å². The molecule has 2 aromatic rings. The number of aryl methyl sites for hydroxylation is 2. The number of hydrogen-bond donors (Lipinski definition) is 0. The van der Waals surface area contributed by atoms with Gasteiger partial charge in [0.2, 0.25) is 0 Å². The van der Waals surface area contributed by atoms with Crippen LogP contribution in [0.1, 0.15) is 16.7 Å². The lowest BCUT2D eigenvalue weighted by molar-refractivity contribution is 1.07. The number of benzene rings is 1. The highest BCUT2D eigenvalue weighted by Gasteiger charge is 2.03. The first kappa shape index (κ1) is 12.7. The molecule has 0 radical (unpaired) electrons. The Hall–Kier alpha value is -0.800. The van der Waals surface area contributed by atoms with Gasteiger partial charge in [-0.1, -0.05) is 24.3 Å². The molecule has 0 saturated carbocycles. The van der Waals surface area contributed by atoms with Crippen LogP contribution in [0.15, 0.2) is 46.0 Å². The van der Waals surface area contributed by atoms with E-state index in [0.717, 1.165) is 15.3 Å². The van der Waals surface area contributed by atoms with Crippen LogP contribution < -0.4 is 0 Å². The van der Waals surface area contributed by atoms with Crippen LogP contribution in [-0.2, 0) is 5.75 Å². The van der Waals surface area contributed by atoms with Gasteiger partial charge in [-0.3, -0.25) is 0 Å². The molecule has 88 valence electrons. The van der Waals surface area contributed by atoms with E-state index in [2.05, 4.69) is 65.1 Å². The number of nitrogens with zero attached hydrogens (tertiary/aromatic N) is 1. The van der Waals surface area contributed by atoms with E-state index in [9.17, 15) is 0 Å². The standard InChI is InChI=1S/C14H14BrNS/c1-10-5-3-4-6-12(10)9-17-14-11(2)7-13(15)8-16-14/h3-8H,9H2,1-2H3. The van der Waals surface area contributed by atoms with E-state index >= 15 is 0 Å². The molecule has 0 fully saturated rings. The van der Waals surface area contributed by atoms with E-state index in [1.165, 1.54) is 16.7 Å². The number of halogens is 1. The van der Waals surface area contributed by atoms with Gasteiger partial charge in [-0.2, -0.15) is 0 Å². The zero-order valence-electron chi connectivity index (χ0n) is 9.90. The topological polar surface area (TPSA) is 12.9 Å². The van der Waals surface area contributed by atoms with Crippen molar-refractivity contribution >= 4 is 27.7 Å². The lowest BCUT2D eigenvalue weighted by atomic mass is 10.1. The highest BCUT2D eigenvalue weighted by Crippen LogP contribution is 2.26. The van der Waals surface area contributed by atoms with Crippen LogP contribution in [0.5, 0.6) is 0 Å². The molecular weight excluding hydrogens is 294 g/mol. The third kappa shape index (κ3) is 3.33. The Bertz CT molecular complexity index is 525. The van der Waals surface area contributed by atoms with Gasteiger partial charge in [0.25, 0.3) is 0 Å². The molecule has 0 unspecified atom stereocenters. The molecule has 0 atom stereocenters. The summed E-state index contributed by atoms with van der Waals surface area (Å²) in [5, 5.41) is 1.11. The fourth-order valence-corrected chi connectivity index (χ4v) is 3.07. The van der Waals surface area contributed by atoms with E-state index in [0.29, 0.717) is 0 Å². The van der Waals surface area contributed by atoms with Crippen molar-refractivity contribution in [3.8, 4) is 0 Å². The zero-order chi connectivity index (χ0) is 12.3. The second-order valence-corrected chi connectivity index (χ2v) is 5.87. The highest BCUT2D eigenvalue weighted by atomic mass is 79.9. The van der Waals surface area contributed by atoms with E-state index in [4.69, 9.17) is 0 Å². The normalized spacial score (nSPS) is 10.5. The summed E-state index contributed by atoms with van der Waals surface area (Å²) >= 11 is 5.22. The minimum absolute atomic E-state index is 0.974. The summed E-state index contributed by atoms with van der Waals surface area (Å²) in [6.45, 7) is 4.25. The van der Waals surface area contributed by atoms with E-state index in [1.54, 1.807) is 11.8 Å². The second kappa shape index (κ2) is 5.69. The Kier molecular flexibility index (Phi) is 4.24. The van der Waals surface area contributed by atoms with Crippen LogP contribution in [-0.4, -0.2) is 4.98 Å². The summed E-state index contributed by atoms with van der Waals surface area (Å²) in [5.74, 6) is 0.974. The Morgan fingerprint density at radius 2 is 1.94 bits per heavy atom. The lowest BCUT2D eigenvalue weighted by Crippen LogP contribution is -1.89. The molecule has 0 saturated heterocycles. The maximum Gasteiger partial charge on any atom is 0.0993 e. The Morgan fingerprint density at radius 3 is 2.65 bits per heavy atom. The first-order chi connectivity index (χ1) is 8.16. The predicted molar refractivity (Wildman–Crippen MR) is 77.4 cm³/mol. The summed E-state index contributed by atoms with van der Waals surface area (Å²) in [6.07, 6.45) is 1.85. The van der Waals surface area contributed by atoms with Crippen LogP contribution >= 0.6 is 27.7 Å². The molecule has 0 N–H and O–H groups in total. The maximum atomic E-state index is 4.44. The van der Waals surface area contributed by atoms with E-state index in [-0.39, 0.29) is 0 Å². The summed E-state index contributed by atoms with van der Waals surface area (Å²) in [6, 6.07) is 10.6. The third-order valence-electron chi connectivity index (χ3n) is 2.62. The van der Waals surface area contributed by atoms with Crippen LogP contribution in [0.25, 0.3) is 0 Å². The van der Waals surface area contributed by atoms with Crippen LogP contribution in [0.3, 0.4) is 0 Å². The molecule has 0 bridgehead atoms. The predicted octanol–water partition coefficient (Wildman–Crippen LogP) is 4.75. The van der Waals surface area contributed by atoms with Crippen molar-refractivity contribution in [3.05, 3.63) is 57.7 Å². The average molecular weight is 308 g/mol. The SMILES string of the molecule is Cc1ccccc1CSc1ncc(Br)cc1C. The van der Waals surface area contributed by atoms with Crippen molar-refractivity contribution in [2.75, 3.05) is 0 Å². The van der Waals surface area contributed by atoms with Crippen molar-refractivity contribution in [2.45, 2.75) is 24.6 Å². The van der Waals surface area contributed by atoms with Crippen LogP contribution in [0.2, 0.25) is 0 Å². The fraction of sp³-hybridized carbons (Fsp3) is 0.214. The minimum Gasteiger partial charge on any atom is -0.248 e. The number of thioether (sulfide) groups is 1. The minimum atomic E-state index is 0.974. The molecule has 0 spiro atoms. The van der Waals surface area contributed by atoms with Crippen molar-refractivity contribution < 1.29 is 0 Å². The van der Waals surface area contributed by atoms with Gasteiger partial charge in [0.1, 0.15) is 0 Å². The lowest BCUT2D eigenvalue weighted by Gasteiger charge is -2.07. The molecule has 1 aromatic carbocycles. The smallest absolute Gasteiger partial charge is 0.0993 e. The molecule has 1 heterocycles. The Balaban J connectivity index is 2.10. The Morgan fingerprint density at radius 1 is 1.18 bits per heavy atom. The molecule has 0 aliphatic heterocycles. The van der Waals surface area contributed by atoms with Crippen LogP contribution in [0.4, 0.5) is 0 Å². The summed E-state index contributed by atoms with van der Waals surface area (Å²) < 4.78 is 1.04. The molecule has 17 heavy (non-hydrogen) atoms. The molecule has 0 aliphatic rings. The molecule has 1 nitrogen and oxygen atoms in total. The van der Waals surface area contributed by atoms with Gasteiger partial charge < -0.3 is 0 Å². The number of pyridine rings is 1. The molecular formula is C14H14BrNS. The van der Waals surface area contributed by atoms with Crippen molar-refractivity contribution in [1.29, 1.82) is 0 Å². The van der Waals surface area contributed by atoms with Gasteiger partial charge in [-0.25, -0.2) is 4.98 Å². The van der Waals surface area contributed by atoms with Crippen molar-refractivity contribution in [3.63, 3.8) is 0 Å². The van der Waals surface area contributed by atoms with Gasteiger partial charge in [-0.05, 0) is 52.5 Å². The van der Waals surface area contributed by atoms with E-state index < -0.39 is 0 Å². The van der Waals surface area contributed by atoms with Crippen LogP contribution in [0, 0.1) is 13.8 Å². The number of hydrogen-bond acceptors (Lipinski definition) is 2. The first-order valence-electron chi connectivity index (χ1n) is 5.46. The van der Waals surface area contributed by atoms with E-state index in [1.807, 2.05) is 6.20 Å². The second-order valence-electron chi connectivity index (χ2n) is 3.99. The third-order valence-corrected chi connectivity index (χ3v) is 4.21.